The highest BCUT2D eigenvalue weighted by molar-refractivity contribution is 9.10. The number of nitrogens with zero attached hydrogens (tertiary/aromatic N) is 3. The average Bonchev–Trinajstić information content (AvgIpc) is 2.45. The molecule has 0 bridgehead atoms. The van der Waals surface area contributed by atoms with E-state index in [0.717, 1.165) is 10.0 Å². The van der Waals surface area contributed by atoms with Gasteiger partial charge in [-0.05, 0) is 55.3 Å². The first kappa shape index (κ1) is 18.7. The van der Waals surface area contributed by atoms with Crippen molar-refractivity contribution < 1.29 is 14.3 Å². The highest BCUT2D eigenvalue weighted by Crippen LogP contribution is 2.17. The zero-order valence-corrected chi connectivity index (χ0v) is 16.2. The Morgan fingerprint density at radius 2 is 2.04 bits per heavy atom. The number of ether oxygens (including phenoxy) is 1. The Balaban J connectivity index is 1.93. The van der Waals surface area contributed by atoms with E-state index in [4.69, 9.17) is 4.74 Å². The summed E-state index contributed by atoms with van der Waals surface area (Å²) < 4.78 is 6.26. The Hall–Kier alpha value is -1.63. The molecule has 1 aliphatic rings. The van der Waals surface area contributed by atoms with Crippen molar-refractivity contribution in [2.24, 2.45) is 0 Å². The Bertz CT molecular complexity index is 615. The minimum Gasteiger partial charge on any atom is -0.444 e. The lowest BCUT2D eigenvalue weighted by atomic mass is 10.1. The van der Waals surface area contributed by atoms with Gasteiger partial charge in [0.15, 0.2) is 0 Å². The first-order valence-corrected chi connectivity index (χ1v) is 8.82. The highest BCUT2D eigenvalue weighted by Gasteiger charge is 2.31. The number of halogens is 1. The molecule has 2 amide bonds. The van der Waals surface area contributed by atoms with Crippen molar-refractivity contribution in [3.05, 3.63) is 28.5 Å². The second kappa shape index (κ2) is 7.51. The Labute approximate surface area is 151 Å². The topological polar surface area (TPSA) is 62.7 Å². The fraction of sp³-hybridized carbons (Fsp3) is 0.588. The van der Waals surface area contributed by atoms with Gasteiger partial charge in [0.25, 0.3) is 0 Å². The van der Waals surface area contributed by atoms with E-state index in [2.05, 4.69) is 20.9 Å². The lowest BCUT2D eigenvalue weighted by Gasteiger charge is -2.40. The molecule has 1 saturated heterocycles. The molecule has 2 heterocycles. The number of carbonyl (C=O) groups excluding carboxylic acids is 2. The summed E-state index contributed by atoms with van der Waals surface area (Å²) in [5.74, 6) is 0.0474. The normalized spacial score (nSPS) is 18.5. The number of piperazine rings is 1. The van der Waals surface area contributed by atoms with Crippen molar-refractivity contribution in [1.29, 1.82) is 0 Å². The number of aromatic nitrogens is 1. The Morgan fingerprint density at radius 3 is 2.62 bits per heavy atom. The van der Waals surface area contributed by atoms with E-state index in [0.29, 0.717) is 26.1 Å². The van der Waals surface area contributed by atoms with Crippen LogP contribution in [-0.2, 0) is 16.0 Å². The lowest BCUT2D eigenvalue weighted by Crippen LogP contribution is -2.56. The molecule has 7 heteroatoms. The predicted octanol–water partition coefficient (Wildman–Crippen LogP) is 2.85. The maximum Gasteiger partial charge on any atom is 0.410 e. The molecule has 24 heavy (non-hydrogen) atoms. The third-order valence-corrected chi connectivity index (χ3v) is 4.15. The summed E-state index contributed by atoms with van der Waals surface area (Å²) in [6, 6.07) is 1.85. The van der Waals surface area contributed by atoms with Gasteiger partial charge in [0.05, 0.1) is 6.42 Å². The molecule has 1 aliphatic heterocycles. The summed E-state index contributed by atoms with van der Waals surface area (Å²) in [6.45, 7) is 8.98. The van der Waals surface area contributed by atoms with Crippen molar-refractivity contribution in [1.82, 2.24) is 14.8 Å². The maximum absolute atomic E-state index is 12.5. The summed E-state index contributed by atoms with van der Waals surface area (Å²) >= 11 is 3.36. The molecular formula is C17H24BrN3O3. The summed E-state index contributed by atoms with van der Waals surface area (Å²) in [5, 5.41) is 0. The van der Waals surface area contributed by atoms with Gasteiger partial charge in [-0.25, -0.2) is 4.79 Å². The molecule has 0 aromatic carbocycles. The molecule has 1 unspecified atom stereocenters. The smallest absolute Gasteiger partial charge is 0.410 e. The minimum atomic E-state index is -0.513. The number of amides is 2. The standard InChI is InChI=1S/C17H24BrN3O3/c1-12-11-20(16(23)24-17(2,3)4)5-6-21(12)15(22)8-13-7-14(18)10-19-9-13/h7,9-10,12H,5-6,8,11H2,1-4H3. The SMILES string of the molecule is CC1CN(C(=O)OC(C)(C)C)CCN1C(=O)Cc1cncc(Br)c1. The molecule has 1 atom stereocenters. The molecule has 132 valence electrons. The van der Waals surface area contributed by atoms with Crippen molar-refractivity contribution >= 4 is 27.9 Å². The van der Waals surface area contributed by atoms with Gasteiger partial charge in [-0.1, -0.05) is 0 Å². The monoisotopic (exact) mass is 397 g/mol. The summed E-state index contributed by atoms with van der Waals surface area (Å²) in [7, 11) is 0. The van der Waals surface area contributed by atoms with E-state index in [9.17, 15) is 9.59 Å². The summed E-state index contributed by atoms with van der Waals surface area (Å²) in [4.78, 5) is 32.3. The van der Waals surface area contributed by atoms with E-state index in [1.807, 2.05) is 38.7 Å². The third kappa shape index (κ3) is 5.19. The first-order valence-electron chi connectivity index (χ1n) is 8.02. The van der Waals surface area contributed by atoms with Gasteiger partial charge < -0.3 is 14.5 Å². The second-order valence-corrected chi connectivity index (χ2v) is 7.97. The van der Waals surface area contributed by atoms with Crippen LogP contribution in [0.4, 0.5) is 4.79 Å². The fourth-order valence-electron chi connectivity index (χ4n) is 2.65. The van der Waals surface area contributed by atoms with Crippen LogP contribution in [0.15, 0.2) is 22.9 Å². The molecule has 0 aliphatic carbocycles. The molecule has 2 rings (SSSR count). The molecule has 1 fully saturated rings. The van der Waals surface area contributed by atoms with Crippen LogP contribution < -0.4 is 0 Å². The van der Waals surface area contributed by atoms with Crippen LogP contribution in [0.3, 0.4) is 0 Å². The van der Waals surface area contributed by atoms with Crippen LogP contribution in [0.25, 0.3) is 0 Å². The van der Waals surface area contributed by atoms with Gasteiger partial charge in [0.2, 0.25) is 5.91 Å². The van der Waals surface area contributed by atoms with Crippen molar-refractivity contribution in [3.63, 3.8) is 0 Å². The molecule has 0 radical (unpaired) electrons. The van der Waals surface area contributed by atoms with Crippen LogP contribution in [0.2, 0.25) is 0 Å². The quantitative estimate of drug-likeness (QED) is 0.769. The number of hydrogen-bond donors (Lipinski definition) is 0. The largest absolute Gasteiger partial charge is 0.444 e. The average molecular weight is 398 g/mol. The van der Waals surface area contributed by atoms with Crippen molar-refractivity contribution in [2.75, 3.05) is 19.6 Å². The molecule has 1 aromatic rings. The zero-order chi connectivity index (χ0) is 17.9. The van der Waals surface area contributed by atoms with E-state index >= 15 is 0 Å². The summed E-state index contributed by atoms with van der Waals surface area (Å²) in [6.07, 6.45) is 3.38. The van der Waals surface area contributed by atoms with Crippen LogP contribution in [-0.4, -0.2) is 58.1 Å². The van der Waals surface area contributed by atoms with Crippen LogP contribution in [0, 0.1) is 0 Å². The van der Waals surface area contributed by atoms with Crippen molar-refractivity contribution in [3.8, 4) is 0 Å². The molecule has 1 aromatic heterocycles. The molecule has 0 N–H and O–H groups in total. The second-order valence-electron chi connectivity index (χ2n) is 7.05. The molecule has 0 spiro atoms. The number of pyridine rings is 1. The van der Waals surface area contributed by atoms with Crippen LogP contribution in [0.5, 0.6) is 0 Å². The van der Waals surface area contributed by atoms with Gasteiger partial charge in [0, 0.05) is 42.5 Å². The van der Waals surface area contributed by atoms with E-state index in [-0.39, 0.29) is 18.0 Å². The van der Waals surface area contributed by atoms with E-state index in [1.165, 1.54) is 0 Å². The van der Waals surface area contributed by atoms with Crippen LogP contribution >= 0.6 is 15.9 Å². The molecule has 6 nitrogen and oxygen atoms in total. The predicted molar refractivity (Wildman–Crippen MR) is 94.6 cm³/mol. The third-order valence-electron chi connectivity index (χ3n) is 3.72. The summed E-state index contributed by atoms with van der Waals surface area (Å²) in [5.41, 5.74) is 0.359. The minimum absolute atomic E-state index is 0.0427. The number of hydrogen-bond acceptors (Lipinski definition) is 4. The van der Waals surface area contributed by atoms with Gasteiger partial charge in [-0.3, -0.25) is 9.78 Å². The zero-order valence-electron chi connectivity index (χ0n) is 14.6. The lowest BCUT2D eigenvalue weighted by molar-refractivity contribution is -0.134. The molecule has 0 saturated carbocycles. The van der Waals surface area contributed by atoms with Crippen molar-refractivity contribution in [2.45, 2.75) is 45.8 Å². The number of rotatable bonds is 2. The number of carbonyl (C=O) groups is 2. The van der Waals surface area contributed by atoms with Gasteiger partial charge in [0.1, 0.15) is 5.60 Å². The van der Waals surface area contributed by atoms with Gasteiger partial charge in [-0.15, -0.1) is 0 Å². The highest BCUT2D eigenvalue weighted by atomic mass is 79.9. The van der Waals surface area contributed by atoms with Gasteiger partial charge in [-0.2, -0.15) is 0 Å². The van der Waals surface area contributed by atoms with Gasteiger partial charge >= 0.3 is 6.09 Å². The first-order chi connectivity index (χ1) is 11.2. The Kier molecular flexibility index (Phi) is 5.85. The maximum atomic E-state index is 12.5. The fourth-order valence-corrected chi connectivity index (χ4v) is 3.06. The Morgan fingerprint density at radius 1 is 1.33 bits per heavy atom. The van der Waals surface area contributed by atoms with E-state index in [1.54, 1.807) is 17.3 Å². The van der Waals surface area contributed by atoms with E-state index < -0.39 is 5.60 Å². The van der Waals surface area contributed by atoms with Crippen LogP contribution in [0.1, 0.15) is 33.3 Å². The molecular weight excluding hydrogens is 374 g/mol.